The van der Waals surface area contributed by atoms with Gasteiger partial charge >= 0.3 is 0 Å². The normalized spacial score (nSPS) is 11.0. The van der Waals surface area contributed by atoms with Gasteiger partial charge in [-0.3, -0.25) is 14.2 Å². The average Bonchev–Trinajstić information content (AvgIpc) is 3.15. The highest BCUT2D eigenvalue weighted by Crippen LogP contribution is 2.40. The summed E-state index contributed by atoms with van der Waals surface area (Å²) in [6, 6.07) is 8.68. The standard InChI is InChI=1S/C21H18ClN3O5S/c1-28-13-7-11(8-14(29-2)19(13)30-3)24-16(26)9-25-10-23-18-17-12(22)5-4-6-15(17)31-20(18)21(25)27/h4-8,10H,9H2,1-3H3,(H,24,26). The number of ether oxygens (including phenoxy) is 3. The summed E-state index contributed by atoms with van der Waals surface area (Å²) in [6.07, 6.45) is 1.36. The summed E-state index contributed by atoms with van der Waals surface area (Å²) in [7, 11) is 4.47. The number of nitrogens with zero attached hydrogens (tertiary/aromatic N) is 2. The molecule has 0 unspecified atom stereocenters. The Morgan fingerprint density at radius 1 is 1.16 bits per heavy atom. The van der Waals surface area contributed by atoms with E-state index < -0.39 is 5.91 Å². The molecule has 10 heteroatoms. The van der Waals surface area contributed by atoms with E-state index >= 15 is 0 Å². The van der Waals surface area contributed by atoms with Crippen LogP contribution in [0.4, 0.5) is 5.69 Å². The molecule has 1 N–H and O–H groups in total. The minimum absolute atomic E-state index is 0.208. The number of hydrogen-bond donors (Lipinski definition) is 1. The molecule has 2 aromatic heterocycles. The number of anilines is 1. The van der Waals surface area contributed by atoms with Gasteiger partial charge in [0.25, 0.3) is 5.56 Å². The molecule has 4 rings (SSSR count). The zero-order valence-electron chi connectivity index (χ0n) is 16.9. The highest BCUT2D eigenvalue weighted by atomic mass is 35.5. The highest BCUT2D eigenvalue weighted by Gasteiger charge is 2.17. The topological polar surface area (TPSA) is 91.7 Å². The van der Waals surface area contributed by atoms with Gasteiger partial charge in [-0.25, -0.2) is 4.98 Å². The highest BCUT2D eigenvalue weighted by molar-refractivity contribution is 7.25. The van der Waals surface area contributed by atoms with Crippen molar-refractivity contribution < 1.29 is 19.0 Å². The van der Waals surface area contributed by atoms with Crippen molar-refractivity contribution in [3.05, 3.63) is 52.0 Å². The summed E-state index contributed by atoms with van der Waals surface area (Å²) >= 11 is 7.58. The van der Waals surface area contributed by atoms with Crippen molar-refractivity contribution in [1.82, 2.24) is 9.55 Å². The molecule has 2 heterocycles. The van der Waals surface area contributed by atoms with Gasteiger partial charge < -0.3 is 19.5 Å². The summed E-state index contributed by atoms with van der Waals surface area (Å²) in [5, 5.41) is 4.02. The number of nitrogens with one attached hydrogen (secondary N) is 1. The quantitative estimate of drug-likeness (QED) is 0.469. The molecule has 0 saturated heterocycles. The second kappa shape index (κ2) is 8.44. The predicted molar refractivity (Wildman–Crippen MR) is 121 cm³/mol. The summed E-state index contributed by atoms with van der Waals surface area (Å²) in [5.41, 5.74) is 0.675. The molecule has 0 atom stereocenters. The number of hydrogen-bond acceptors (Lipinski definition) is 7. The van der Waals surface area contributed by atoms with Gasteiger partial charge in [0.15, 0.2) is 11.5 Å². The second-order valence-corrected chi connectivity index (χ2v) is 7.99. The number of rotatable bonds is 6. The molecule has 160 valence electrons. The molecule has 4 aromatic rings. The van der Waals surface area contributed by atoms with Gasteiger partial charge in [0.1, 0.15) is 11.2 Å². The number of benzene rings is 2. The monoisotopic (exact) mass is 459 g/mol. The van der Waals surface area contributed by atoms with Crippen molar-refractivity contribution in [2.75, 3.05) is 26.6 Å². The molecule has 0 fully saturated rings. The van der Waals surface area contributed by atoms with Crippen LogP contribution in [0.25, 0.3) is 20.3 Å². The fraction of sp³-hybridized carbons (Fsp3) is 0.190. The third kappa shape index (κ3) is 3.77. The van der Waals surface area contributed by atoms with Crippen molar-refractivity contribution in [2.45, 2.75) is 6.54 Å². The first-order valence-electron chi connectivity index (χ1n) is 9.12. The Hall–Kier alpha value is -3.30. The summed E-state index contributed by atoms with van der Waals surface area (Å²) in [5.74, 6) is 0.813. The number of carbonyl (C=O) groups excluding carboxylic acids is 1. The van der Waals surface area contributed by atoms with Gasteiger partial charge in [-0.2, -0.15) is 0 Å². The Kier molecular flexibility index (Phi) is 5.71. The molecule has 1 amide bonds. The van der Waals surface area contributed by atoms with E-state index in [1.165, 1.54) is 43.6 Å². The van der Waals surface area contributed by atoms with Crippen molar-refractivity contribution >= 4 is 54.8 Å². The Labute approximate surface area is 185 Å². The molecule has 0 aliphatic carbocycles. The van der Waals surface area contributed by atoms with Crippen LogP contribution in [0.1, 0.15) is 0 Å². The van der Waals surface area contributed by atoms with Gasteiger partial charge in [-0.1, -0.05) is 17.7 Å². The minimum Gasteiger partial charge on any atom is -0.493 e. The van der Waals surface area contributed by atoms with Crippen LogP contribution in [0.2, 0.25) is 5.02 Å². The lowest BCUT2D eigenvalue weighted by molar-refractivity contribution is -0.116. The maximum atomic E-state index is 12.9. The number of carbonyl (C=O) groups is 1. The number of halogens is 1. The largest absolute Gasteiger partial charge is 0.493 e. The Bertz CT molecular complexity index is 1340. The molecule has 0 radical (unpaired) electrons. The lowest BCUT2D eigenvalue weighted by Crippen LogP contribution is -2.27. The van der Waals surface area contributed by atoms with Crippen molar-refractivity contribution in [3.8, 4) is 17.2 Å². The van der Waals surface area contributed by atoms with E-state index in [-0.39, 0.29) is 12.1 Å². The van der Waals surface area contributed by atoms with Crippen LogP contribution in [0.3, 0.4) is 0 Å². The van der Waals surface area contributed by atoms with Crippen molar-refractivity contribution in [1.29, 1.82) is 0 Å². The van der Waals surface area contributed by atoms with E-state index in [2.05, 4.69) is 10.3 Å². The molecule has 0 aliphatic heterocycles. The average molecular weight is 460 g/mol. The molecule has 31 heavy (non-hydrogen) atoms. The van der Waals surface area contributed by atoms with E-state index in [1.807, 2.05) is 12.1 Å². The van der Waals surface area contributed by atoms with Crippen LogP contribution in [0.5, 0.6) is 17.2 Å². The van der Waals surface area contributed by atoms with Crippen LogP contribution < -0.4 is 25.1 Å². The molecule has 0 spiro atoms. The maximum Gasteiger partial charge on any atom is 0.271 e. The number of amides is 1. The Balaban J connectivity index is 1.63. The lowest BCUT2D eigenvalue weighted by Gasteiger charge is -2.14. The number of aromatic nitrogens is 2. The van der Waals surface area contributed by atoms with E-state index in [4.69, 9.17) is 25.8 Å². The molecule has 0 aliphatic rings. The van der Waals surface area contributed by atoms with Crippen LogP contribution in [0, 0.1) is 0 Å². The second-order valence-electron chi connectivity index (χ2n) is 6.53. The van der Waals surface area contributed by atoms with E-state index in [9.17, 15) is 9.59 Å². The van der Waals surface area contributed by atoms with E-state index in [0.29, 0.717) is 38.2 Å². The van der Waals surface area contributed by atoms with Gasteiger partial charge in [0.05, 0.1) is 38.2 Å². The van der Waals surface area contributed by atoms with Gasteiger partial charge in [-0.15, -0.1) is 11.3 Å². The van der Waals surface area contributed by atoms with Crippen molar-refractivity contribution in [3.63, 3.8) is 0 Å². The van der Waals surface area contributed by atoms with E-state index in [1.54, 1.807) is 18.2 Å². The molecule has 8 nitrogen and oxygen atoms in total. The first-order chi connectivity index (χ1) is 15.0. The predicted octanol–water partition coefficient (Wildman–Crippen LogP) is 3.93. The summed E-state index contributed by atoms with van der Waals surface area (Å²) in [4.78, 5) is 29.9. The first-order valence-corrected chi connectivity index (χ1v) is 10.3. The van der Waals surface area contributed by atoms with Crippen LogP contribution in [0.15, 0.2) is 41.5 Å². The van der Waals surface area contributed by atoms with Crippen LogP contribution >= 0.6 is 22.9 Å². The summed E-state index contributed by atoms with van der Waals surface area (Å²) < 4.78 is 18.4. The smallest absolute Gasteiger partial charge is 0.271 e. The van der Waals surface area contributed by atoms with Crippen molar-refractivity contribution in [2.24, 2.45) is 0 Å². The zero-order valence-corrected chi connectivity index (χ0v) is 18.5. The van der Waals surface area contributed by atoms with Crippen LogP contribution in [-0.4, -0.2) is 36.8 Å². The van der Waals surface area contributed by atoms with Gasteiger partial charge in [-0.05, 0) is 12.1 Å². The third-order valence-electron chi connectivity index (χ3n) is 4.68. The molecule has 2 aromatic carbocycles. The molecule has 0 bridgehead atoms. The third-order valence-corrected chi connectivity index (χ3v) is 6.13. The van der Waals surface area contributed by atoms with Gasteiger partial charge in [0.2, 0.25) is 11.7 Å². The molecular weight excluding hydrogens is 442 g/mol. The fourth-order valence-electron chi connectivity index (χ4n) is 3.29. The molecule has 0 saturated carbocycles. The fourth-order valence-corrected chi connectivity index (χ4v) is 4.74. The summed E-state index contributed by atoms with van der Waals surface area (Å²) in [6.45, 7) is -0.208. The first kappa shape index (κ1) is 21.0. The van der Waals surface area contributed by atoms with Crippen LogP contribution in [-0.2, 0) is 11.3 Å². The minimum atomic E-state index is -0.406. The lowest BCUT2D eigenvalue weighted by atomic mass is 10.2. The SMILES string of the molecule is COc1cc(NC(=O)Cn2cnc3c(sc4cccc(Cl)c43)c2=O)cc(OC)c1OC. The maximum absolute atomic E-state index is 12.9. The van der Waals surface area contributed by atoms with Gasteiger partial charge in [0, 0.05) is 27.9 Å². The number of thiophene rings is 1. The number of methoxy groups -OCH3 is 3. The molecular formula is C21H18ClN3O5S. The Morgan fingerprint density at radius 2 is 1.87 bits per heavy atom. The Morgan fingerprint density at radius 3 is 2.52 bits per heavy atom. The number of fused-ring (bicyclic) bond motifs is 3. The van der Waals surface area contributed by atoms with E-state index in [0.717, 1.165) is 10.1 Å². The zero-order chi connectivity index (χ0) is 22.1.